The number of halogens is 1. The van der Waals surface area contributed by atoms with Gasteiger partial charge in [0, 0.05) is 25.2 Å². The number of carbonyl (C=O) groups is 3. The Morgan fingerprint density at radius 2 is 2.00 bits per heavy atom. The van der Waals surface area contributed by atoms with Crippen LogP contribution in [0.2, 0.25) is 5.02 Å². The van der Waals surface area contributed by atoms with Gasteiger partial charge in [-0.25, -0.2) is 0 Å². The minimum atomic E-state index is -1.08. The molecular formula is C22H30ClN3O5. The first kappa shape index (κ1) is 23.3. The molecule has 2 saturated heterocycles. The molecular weight excluding hydrogens is 422 g/mol. The van der Waals surface area contributed by atoms with Crippen molar-refractivity contribution in [3.63, 3.8) is 0 Å². The van der Waals surface area contributed by atoms with Gasteiger partial charge in [-0.2, -0.15) is 0 Å². The third-order valence-corrected chi connectivity index (χ3v) is 5.76. The summed E-state index contributed by atoms with van der Waals surface area (Å²) >= 11 is 6.50. The van der Waals surface area contributed by atoms with E-state index in [4.69, 9.17) is 16.3 Å². The van der Waals surface area contributed by atoms with E-state index in [0.717, 1.165) is 5.69 Å². The van der Waals surface area contributed by atoms with Crippen LogP contribution in [0.25, 0.3) is 0 Å². The van der Waals surface area contributed by atoms with E-state index in [1.807, 2.05) is 12.1 Å². The van der Waals surface area contributed by atoms with Crippen molar-refractivity contribution in [2.45, 2.75) is 70.1 Å². The van der Waals surface area contributed by atoms with Crippen LogP contribution in [0, 0.1) is 0 Å². The van der Waals surface area contributed by atoms with Crippen LogP contribution in [-0.2, 0) is 19.1 Å². The second kappa shape index (κ2) is 9.04. The number of hydrogen-bond acceptors (Lipinski definition) is 7. The average Bonchev–Trinajstić information content (AvgIpc) is 2.63. The van der Waals surface area contributed by atoms with Crippen LogP contribution in [-0.4, -0.2) is 53.2 Å². The molecule has 3 N–H and O–H groups in total. The maximum Gasteiger partial charge on any atom is 0.309 e. The van der Waals surface area contributed by atoms with Crippen LogP contribution in [0.1, 0.15) is 52.9 Å². The predicted octanol–water partition coefficient (Wildman–Crippen LogP) is 2.62. The summed E-state index contributed by atoms with van der Waals surface area (Å²) in [7, 11) is 0. The van der Waals surface area contributed by atoms with Crippen molar-refractivity contribution in [2.24, 2.45) is 0 Å². The van der Waals surface area contributed by atoms with Gasteiger partial charge >= 0.3 is 5.97 Å². The van der Waals surface area contributed by atoms with E-state index in [0.29, 0.717) is 49.5 Å². The van der Waals surface area contributed by atoms with E-state index in [-0.39, 0.29) is 18.2 Å². The highest BCUT2D eigenvalue weighted by molar-refractivity contribution is 6.33. The average molecular weight is 452 g/mol. The van der Waals surface area contributed by atoms with Gasteiger partial charge in [-0.05, 0) is 58.2 Å². The number of carbonyl (C=O) groups excluding carboxylic acids is 3. The molecule has 8 nitrogen and oxygen atoms in total. The number of rotatable bonds is 5. The summed E-state index contributed by atoms with van der Waals surface area (Å²) in [5, 5.41) is 16.8. The minimum Gasteiger partial charge on any atom is -0.460 e. The molecule has 9 heteroatoms. The van der Waals surface area contributed by atoms with E-state index in [1.165, 1.54) is 0 Å². The topological polar surface area (TPSA) is 108 Å². The standard InChI is InChI=1S/C22H30ClN3O5/c1-21(2,3)31-19(28)13-22(30)8-10-26(11-9-22)17-6-4-14(12-15(17)23)24-16-5-7-18(27)25-20(16)29/h4,6,12,16,24,30H,5,7-11,13H2,1-3H3,(H,25,27,29)/t16-/m1/s1. The van der Waals surface area contributed by atoms with E-state index in [2.05, 4.69) is 15.5 Å². The van der Waals surface area contributed by atoms with Crippen LogP contribution < -0.4 is 15.5 Å². The Balaban J connectivity index is 1.57. The predicted molar refractivity (Wildman–Crippen MR) is 118 cm³/mol. The number of esters is 1. The van der Waals surface area contributed by atoms with Gasteiger partial charge in [0.25, 0.3) is 0 Å². The van der Waals surface area contributed by atoms with Crippen molar-refractivity contribution in [2.75, 3.05) is 23.3 Å². The highest BCUT2D eigenvalue weighted by Crippen LogP contribution is 2.34. The van der Waals surface area contributed by atoms with Crippen molar-refractivity contribution in [3.05, 3.63) is 23.2 Å². The maximum atomic E-state index is 12.1. The summed E-state index contributed by atoms with van der Waals surface area (Å²) in [5.41, 5.74) is -0.138. The summed E-state index contributed by atoms with van der Waals surface area (Å²) in [5.74, 6) is -0.990. The second-order valence-electron chi connectivity index (χ2n) is 9.29. The third-order valence-electron chi connectivity index (χ3n) is 5.46. The number of piperidine rings is 2. The van der Waals surface area contributed by atoms with Gasteiger partial charge in [0.1, 0.15) is 11.6 Å². The first-order chi connectivity index (χ1) is 14.4. The number of anilines is 2. The van der Waals surface area contributed by atoms with Gasteiger partial charge < -0.3 is 20.1 Å². The van der Waals surface area contributed by atoms with Crippen molar-refractivity contribution in [3.8, 4) is 0 Å². The lowest BCUT2D eigenvalue weighted by molar-refractivity contribution is -0.161. The largest absolute Gasteiger partial charge is 0.460 e. The number of nitrogens with zero attached hydrogens (tertiary/aromatic N) is 1. The first-order valence-electron chi connectivity index (χ1n) is 10.5. The number of nitrogens with one attached hydrogen (secondary N) is 2. The molecule has 0 saturated carbocycles. The van der Waals surface area contributed by atoms with Crippen LogP contribution in [0.4, 0.5) is 11.4 Å². The molecule has 0 unspecified atom stereocenters. The zero-order chi connectivity index (χ0) is 22.8. The van der Waals surface area contributed by atoms with Gasteiger partial charge in [-0.1, -0.05) is 11.6 Å². The molecule has 0 aliphatic carbocycles. The fraction of sp³-hybridized carbons (Fsp3) is 0.591. The van der Waals surface area contributed by atoms with Crippen molar-refractivity contribution < 1.29 is 24.2 Å². The second-order valence-corrected chi connectivity index (χ2v) is 9.70. The first-order valence-corrected chi connectivity index (χ1v) is 10.9. The van der Waals surface area contributed by atoms with Gasteiger partial charge in [0.2, 0.25) is 11.8 Å². The fourth-order valence-corrected chi connectivity index (χ4v) is 4.17. The zero-order valence-corrected chi connectivity index (χ0v) is 18.9. The van der Waals surface area contributed by atoms with E-state index in [1.54, 1.807) is 26.8 Å². The fourth-order valence-electron chi connectivity index (χ4n) is 3.87. The SMILES string of the molecule is CC(C)(C)OC(=O)CC1(O)CCN(c2ccc(N[C@@H]3CCC(=O)NC3=O)cc2Cl)CC1. The van der Waals surface area contributed by atoms with Crippen LogP contribution in [0.15, 0.2) is 18.2 Å². The molecule has 31 heavy (non-hydrogen) atoms. The quantitative estimate of drug-likeness (QED) is 0.466. The van der Waals surface area contributed by atoms with E-state index in [9.17, 15) is 19.5 Å². The normalized spacial score (nSPS) is 21.5. The van der Waals surface area contributed by atoms with Gasteiger partial charge in [0.05, 0.1) is 22.7 Å². The summed E-state index contributed by atoms with van der Waals surface area (Å²) < 4.78 is 5.34. The molecule has 1 atom stereocenters. The van der Waals surface area contributed by atoms with Gasteiger partial charge in [-0.15, -0.1) is 0 Å². The lowest BCUT2D eigenvalue weighted by atomic mass is 9.88. The molecule has 1 aromatic rings. The molecule has 170 valence electrons. The molecule has 2 amide bonds. The summed E-state index contributed by atoms with van der Waals surface area (Å²) in [6.07, 6.45) is 1.57. The molecule has 2 aliphatic heterocycles. The molecule has 2 fully saturated rings. The number of ether oxygens (including phenoxy) is 1. The molecule has 0 radical (unpaired) electrons. The lowest BCUT2D eigenvalue weighted by Gasteiger charge is -2.39. The summed E-state index contributed by atoms with van der Waals surface area (Å²) in [6.45, 7) is 6.52. The molecule has 0 spiro atoms. The zero-order valence-electron chi connectivity index (χ0n) is 18.2. The molecule has 1 aromatic carbocycles. The van der Waals surface area contributed by atoms with E-state index < -0.39 is 23.2 Å². The molecule has 2 heterocycles. The van der Waals surface area contributed by atoms with Gasteiger partial charge in [0.15, 0.2) is 0 Å². The maximum absolute atomic E-state index is 12.1. The Morgan fingerprint density at radius 3 is 2.58 bits per heavy atom. The Morgan fingerprint density at radius 1 is 1.32 bits per heavy atom. The number of imide groups is 1. The highest BCUT2D eigenvalue weighted by Gasteiger charge is 2.36. The van der Waals surface area contributed by atoms with Crippen molar-refractivity contribution >= 4 is 40.8 Å². The monoisotopic (exact) mass is 451 g/mol. The number of amides is 2. The smallest absolute Gasteiger partial charge is 0.309 e. The van der Waals surface area contributed by atoms with Crippen molar-refractivity contribution in [1.29, 1.82) is 0 Å². The molecule has 2 aliphatic rings. The Labute approximate surface area is 187 Å². The number of benzene rings is 1. The number of aliphatic hydroxyl groups is 1. The Bertz CT molecular complexity index is 859. The molecule has 0 bridgehead atoms. The molecule has 3 rings (SSSR count). The summed E-state index contributed by atoms with van der Waals surface area (Å²) in [6, 6.07) is 4.99. The van der Waals surface area contributed by atoms with Crippen LogP contribution in [0.5, 0.6) is 0 Å². The van der Waals surface area contributed by atoms with Crippen molar-refractivity contribution in [1.82, 2.24) is 5.32 Å². The van der Waals surface area contributed by atoms with E-state index >= 15 is 0 Å². The highest BCUT2D eigenvalue weighted by atomic mass is 35.5. The third kappa shape index (κ3) is 6.33. The summed E-state index contributed by atoms with van der Waals surface area (Å²) in [4.78, 5) is 37.4. The minimum absolute atomic E-state index is 0.0271. The Kier molecular flexibility index (Phi) is 6.81. The lowest BCUT2D eigenvalue weighted by Crippen LogP contribution is -2.47. The van der Waals surface area contributed by atoms with Crippen LogP contribution >= 0.6 is 11.6 Å². The van der Waals surface area contributed by atoms with Gasteiger partial charge in [-0.3, -0.25) is 19.7 Å². The van der Waals surface area contributed by atoms with Crippen LogP contribution in [0.3, 0.4) is 0 Å². The number of hydrogen-bond donors (Lipinski definition) is 3. The Hall–Kier alpha value is -2.32. The molecule has 0 aromatic heterocycles.